The van der Waals surface area contributed by atoms with Crippen LogP contribution in [0.1, 0.15) is 43.4 Å². The number of aliphatic hydroxyl groups is 4. The van der Waals surface area contributed by atoms with Gasteiger partial charge in [-0.05, 0) is 61.3 Å². The van der Waals surface area contributed by atoms with Gasteiger partial charge in [0, 0.05) is 23.7 Å². The van der Waals surface area contributed by atoms with E-state index in [0.29, 0.717) is 45.4 Å². The predicted octanol–water partition coefficient (Wildman–Crippen LogP) is 1.13. The smallest absolute Gasteiger partial charge is 0.340 e. The molecule has 0 saturated carbocycles. The molecule has 2 bridgehead atoms. The van der Waals surface area contributed by atoms with Gasteiger partial charge in [0.2, 0.25) is 23.9 Å². The molecule has 286 valence electrons. The molecule has 4 aliphatic heterocycles. The Kier molecular flexibility index (Phi) is 9.84. The van der Waals surface area contributed by atoms with E-state index in [0.717, 1.165) is 13.0 Å². The van der Waals surface area contributed by atoms with Gasteiger partial charge in [-0.15, -0.1) is 0 Å². The molecule has 0 unspecified atom stereocenters. The first kappa shape index (κ1) is 36.9. The van der Waals surface area contributed by atoms with Gasteiger partial charge in [-0.3, -0.25) is 10.6 Å². The number of aliphatic hydroxyl groups excluding tert-OH is 3. The van der Waals surface area contributed by atoms with Crippen LogP contribution in [0.15, 0.2) is 48.5 Å². The minimum Gasteiger partial charge on any atom is -0.508 e. The summed E-state index contributed by atoms with van der Waals surface area (Å²) < 4.78 is 36.4. The molecule has 0 aromatic heterocycles. The second-order valence-electron chi connectivity index (χ2n) is 14.1. The molecular formula is C37H45N3O13. The highest BCUT2D eigenvalue weighted by Gasteiger charge is 2.71. The number of piperidine rings is 1. The Labute approximate surface area is 305 Å². The molecule has 0 amide bonds. The van der Waals surface area contributed by atoms with Gasteiger partial charge in [0.1, 0.15) is 36.2 Å². The number of aliphatic carboxylic acids is 1. The number of hydrogen-bond donors (Lipinski definition) is 9. The third-order valence-corrected chi connectivity index (χ3v) is 10.5. The molecule has 9 atom stereocenters. The Hall–Kier alpha value is -4.39. The first-order valence-electron chi connectivity index (χ1n) is 17.5. The molecule has 3 aromatic carbocycles. The number of carboxylic acid groups (broad SMARTS) is 1. The monoisotopic (exact) mass is 739 g/mol. The molecule has 7 rings (SSSR count). The molecule has 16 heteroatoms. The number of fused-ring (bicyclic) bond motifs is 7. The van der Waals surface area contributed by atoms with Gasteiger partial charge in [-0.25, -0.2) is 4.79 Å². The van der Waals surface area contributed by atoms with Crippen molar-refractivity contribution in [3.05, 3.63) is 59.7 Å². The van der Waals surface area contributed by atoms with E-state index in [-0.39, 0.29) is 30.5 Å². The standard InChI is InChI=1S/C37H45N3O13/c1-17(2)10-11-39-16-49-23-9-8-21-27-30(52-28(21)29(23)48-4)26-22(18-6-5-7-19(41)12-18)13-20(14-24(26)51-32(27)43)50-33-31(42)37(47)34(44)36(53-33,35(45)46)25(38-3)15-40-37/h5-9,12-14,17,25,27,30-34,38-44,47H,10-11,15-16H2,1-4H3,(H,45,46)/t25-,27+,30+,31+,32-,33-,34-,36+,37-/m1/s1. The molecule has 16 nitrogen and oxygen atoms in total. The highest BCUT2D eigenvalue weighted by atomic mass is 16.7. The van der Waals surface area contributed by atoms with Crippen LogP contribution in [0.3, 0.4) is 0 Å². The number of aromatic hydroxyl groups is 1. The number of hydrogen-bond acceptors (Lipinski definition) is 15. The number of likely N-dealkylation sites (N-methyl/N-ethyl adjacent to an activating group) is 1. The number of methoxy groups -OCH3 is 1. The SMILES string of the molecule is CN[C@@H]1CN[C@@]2(O)[C@@H](O)[C@H](Oc3cc4c(c(-c5cccc(O)c5)c3)[C@@H]3Oc5c(ccc(OCNCCC(C)C)c5OC)[C@@H]3[C@H](O)O4)O[C@]1(C(=O)O)[C@H]2O. The zero-order chi connectivity index (χ0) is 37.8. The van der Waals surface area contributed by atoms with Crippen molar-refractivity contribution in [2.24, 2.45) is 5.92 Å². The Balaban J connectivity index is 1.26. The van der Waals surface area contributed by atoms with Gasteiger partial charge in [0.05, 0.1) is 19.1 Å². The van der Waals surface area contributed by atoms with Crippen molar-refractivity contribution in [3.8, 4) is 45.6 Å². The minimum absolute atomic E-state index is 0.0230. The van der Waals surface area contributed by atoms with E-state index in [4.69, 9.17) is 28.4 Å². The fourth-order valence-electron chi connectivity index (χ4n) is 7.69. The van der Waals surface area contributed by atoms with Crippen LogP contribution in [0.5, 0.6) is 34.5 Å². The average Bonchev–Trinajstić information content (AvgIpc) is 3.52. The molecule has 2 saturated heterocycles. The van der Waals surface area contributed by atoms with Gasteiger partial charge >= 0.3 is 5.97 Å². The van der Waals surface area contributed by atoms with Gasteiger partial charge < -0.3 is 64.4 Å². The lowest BCUT2D eigenvalue weighted by Gasteiger charge is -2.58. The van der Waals surface area contributed by atoms with Crippen molar-refractivity contribution in [1.29, 1.82) is 0 Å². The third-order valence-electron chi connectivity index (χ3n) is 10.5. The van der Waals surface area contributed by atoms with Gasteiger partial charge in [-0.2, -0.15) is 0 Å². The molecule has 4 aliphatic rings. The second-order valence-corrected chi connectivity index (χ2v) is 14.1. The number of benzene rings is 3. The topological polar surface area (TPSA) is 230 Å². The summed E-state index contributed by atoms with van der Waals surface area (Å²) in [6, 6.07) is 11.8. The maximum Gasteiger partial charge on any atom is 0.340 e. The summed E-state index contributed by atoms with van der Waals surface area (Å²) in [5.74, 6) is -0.568. The Morgan fingerprint density at radius 2 is 1.91 bits per heavy atom. The van der Waals surface area contributed by atoms with Crippen LogP contribution >= 0.6 is 0 Å². The first-order chi connectivity index (χ1) is 25.3. The van der Waals surface area contributed by atoms with Gasteiger partial charge in [0.15, 0.2) is 23.3 Å². The number of nitrogens with one attached hydrogen (secondary N) is 3. The molecule has 53 heavy (non-hydrogen) atoms. The van der Waals surface area contributed by atoms with Crippen molar-refractivity contribution in [1.82, 2.24) is 16.0 Å². The summed E-state index contributed by atoms with van der Waals surface area (Å²) in [6.45, 7) is 5.14. The predicted molar refractivity (Wildman–Crippen MR) is 186 cm³/mol. The van der Waals surface area contributed by atoms with E-state index in [1.807, 2.05) is 0 Å². The number of phenols is 1. The molecule has 3 aromatic rings. The van der Waals surface area contributed by atoms with Crippen LogP contribution < -0.4 is 39.6 Å². The molecule has 2 fully saturated rings. The van der Waals surface area contributed by atoms with Crippen LogP contribution in [-0.4, -0.2) is 113 Å². The van der Waals surface area contributed by atoms with Crippen molar-refractivity contribution in [2.75, 3.05) is 34.0 Å². The van der Waals surface area contributed by atoms with E-state index >= 15 is 0 Å². The molecule has 0 radical (unpaired) electrons. The maximum absolute atomic E-state index is 12.7. The Bertz CT molecular complexity index is 1860. The van der Waals surface area contributed by atoms with Crippen LogP contribution in [-0.2, 0) is 9.53 Å². The number of carbonyl (C=O) groups is 1. The fourth-order valence-corrected chi connectivity index (χ4v) is 7.69. The summed E-state index contributed by atoms with van der Waals surface area (Å²) >= 11 is 0. The first-order valence-corrected chi connectivity index (χ1v) is 17.5. The molecular weight excluding hydrogens is 694 g/mol. The van der Waals surface area contributed by atoms with E-state index in [2.05, 4.69) is 29.8 Å². The molecule has 0 spiro atoms. The van der Waals surface area contributed by atoms with Gasteiger partial charge in [-0.1, -0.05) is 32.0 Å². The van der Waals surface area contributed by atoms with Crippen LogP contribution in [0.25, 0.3) is 11.1 Å². The summed E-state index contributed by atoms with van der Waals surface area (Å²) in [5.41, 5.74) is -2.89. The number of rotatable bonds is 12. The number of carboxylic acids is 1. The van der Waals surface area contributed by atoms with Crippen molar-refractivity contribution in [2.45, 2.75) is 74.4 Å². The lowest BCUT2D eigenvalue weighted by atomic mass is 9.74. The molecule has 9 N–H and O–H groups in total. The highest BCUT2D eigenvalue weighted by Crippen LogP contribution is 2.59. The average molecular weight is 740 g/mol. The van der Waals surface area contributed by atoms with Crippen LogP contribution in [0.4, 0.5) is 0 Å². The minimum atomic E-state index is -2.52. The summed E-state index contributed by atoms with van der Waals surface area (Å²) in [5, 5.41) is 74.6. The quantitative estimate of drug-likeness (QED) is 0.0937. The lowest BCUT2D eigenvalue weighted by Crippen LogP contribution is -2.87. The molecule has 0 aliphatic carbocycles. The normalized spacial score (nSPS) is 31.1. The third kappa shape index (κ3) is 6.08. The Morgan fingerprint density at radius 1 is 1.11 bits per heavy atom. The Morgan fingerprint density at radius 3 is 2.60 bits per heavy atom. The zero-order valence-electron chi connectivity index (χ0n) is 29.6. The molecule has 4 heterocycles. The lowest BCUT2D eigenvalue weighted by molar-refractivity contribution is -0.362. The van der Waals surface area contributed by atoms with E-state index in [9.17, 15) is 35.4 Å². The number of phenolic OH excluding ortho intramolecular Hbond substituents is 1. The van der Waals surface area contributed by atoms with Crippen LogP contribution in [0, 0.1) is 5.92 Å². The largest absolute Gasteiger partial charge is 0.508 e. The summed E-state index contributed by atoms with van der Waals surface area (Å²) in [7, 11) is 2.97. The highest BCUT2D eigenvalue weighted by molar-refractivity contribution is 5.81. The summed E-state index contributed by atoms with van der Waals surface area (Å²) in [6.07, 6.45) is -7.15. The van der Waals surface area contributed by atoms with Crippen molar-refractivity contribution < 1.29 is 63.9 Å². The van der Waals surface area contributed by atoms with Gasteiger partial charge in [0.25, 0.3) is 0 Å². The second kappa shape index (κ2) is 14.1. The van der Waals surface area contributed by atoms with Crippen LogP contribution in [0.2, 0.25) is 0 Å². The fraction of sp³-hybridized carbons (Fsp3) is 0.486. The summed E-state index contributed by atoms with van der Waals surface area (Å²) in [4.78, 5) is 12.7. The van der Waals surface area contributed by atoms with E-state index in [1.54, 1.807) is 30.3 Å². The number of ether oxygens (including phenoxy) is 6. The van der Waals surface area contributed by atoms with E-state index in [1.165, 1.54) is 32.4 Å². The van der Waals surface area contributed by atoms with E-state index < -0.39 is 60.1 Å². The van der Waals surface area contributed by atoms with Crippen molar-refractivity contribution in [3.63, 3.8) is 0 Å². The maximum atomic E-state index is 12.7. The zero-order valence-corrected chi connectivity index (χ0v) is 29.6. The van der Waals surface area contributed by atoms with Crippen molar-refractivity contribution >= 4 is 5.97 Å².